The molecule has 0 unspecified atom stereocenters. The highest BCUT2D eigenvalue weighted by Gasteiger charge is 2.37. The van der Waals surface area contributed by atoms with Crippen molar-refractivity contribution in [3.8, 4) is 0 Å². The van der Waals surface area contributed by atoms with Crippen molar-refractivity contribution < 1.29 is 9.59 Å². The van der Waals surface area contributed by atoms with Crippen molar-refractivity contribution in [1.29, 1.82) is 0 Å². The first-order valence-electron chi connectivity index (χ1n) is 8.15. The minimum absolute atomic E-state index is 0.0217. The average molecular weight is 302 g/mol. The van der Waals surface area contributed by atoms with Crippen LogP contribution in [0.3, 0.4) is 0 Å². The first-order valence-corrected chi connectivity index (χ1v) is 8.15. The number of carbonyl (C=O) groups excluding carboxylic acids is 2. The van der Waals surface area contributed by atoms with Crippen LogP contribution in [-0.4, -0.2) is 18.4 Å². The van der Waals surface area contributed by atoms with Crippen molar-refractivity contribution in [2.45, 2.75) is 53.0 Å². The molecular weight excluding hydrogens is 276 g/mol. The van der Waals surface area contributed by atoms with Crippen LogP contribution in [-0.2, 0) is 16.0 Å². The first-order chi connectivity index (χ1) is 10.4. The Balaban J connectivity index is 2.36. The molecule has 1 aliphatic rings. The normalized spacial score (nSPS) is 17.0. The van der Waals surface area contributed by atoms with E-state index in [4.69, 9.17) is 0 Å². The highest BCUT2D eigenvalue weighted by Crippen LogP contribution is 2.37. The lowest BCUT2D eigenvalue weighted by atomic mass is 10.0. The summed E-state index contributed by atoms with van der Waals surface area (Å²) in [6, 6.07) is 5.69. The Morgan fingerprint density at radius 1 is 1.36 bits per heavy atom. The fraction of sp³-hybridized carbons (Fsp3) is 0.556. The molecule has 0 fully saturated rings. The molecule has 0 aliphatic carbocycles. The Hall–Kier alpha value is -1.84. The van der Waals surface area contributed by atoms with E-state index in [1.165, 1.54) is 12.5 Å². The van der Waals surface area contributed by atoms with Gasteiger partial charge in [-0.2, -0.15) is 0 Å². The zero-order chi connectivity index (χ0) is 16.3. The van der Waals surface area contributed by atoms with E-state index in [-0.39, 0.29) is 11.8 Å². The Morgan fingerprint density at radius 3 is 2.68 bits per heavy atom. The standard InChI is InChI=1S/C18H26N2O2/c1-5-6-7-14-8-9-16-15(10-14)17(19-13(4)21)18(22)20(16)11-12(2)3/h8-10,12,17H,5-7,11H2,1-4H3,(H,19,21)/t17-/m1/s1. The summed E-state index contributed by atoms with van der Waals surface area (Å²) in [6.45, 7) is 8.49. The lowest BCUT2D eigenvalue weighted by Crippen LogP contribution is -2.38. The Labute approximate surface area is 132 Å². The summed E-state index contributed by atoms with van der Waals surface area (Å²) < 4.78 is 0. The monoisotopic (exact) mass is 302 g/mol. The molecule has 1 aromatic carbocycles. The number of nitrogens with zero attached hydrogens (tertiary/aromatic N) is 1. The topological polar surface area (TPSA) is 49.4 Å². The van der Waals surface area contributed by atoms with Gasteiger partial charge in [-0.1, -0.05) is 39.3 Å². The summed E-state index contributed by atoms with van der Waals surface area (Å²) in [5.74, 6) is 0.189. The van der Waals surface area contributed by atoms with Crippen molar-refractivity contribution in [3.63, 3.8) is 0 Å². The number of anilines is 1. The summed E-state index contributed by atoms with van der Waals surface area (Å²) in [5, 5.41) is 2.80. The molecule has 2 amide bonds. The molecule has 2 rings (SSSR count). The maximum Gasteiger partial charge on any atom is 0.254 e. The molecule has 4 heteroatoms. The van der Waals surface area contributed by atoms with E-state index in [2.05, 4.69) is 38.2 Å². The van der Waals surface area contributed by atoms with Crippen molar-refractivity contribution in [3.05, 3.63) is 29.3 Å². The van der Waals surface area contributed by atoms with Crippen LogP contribution < -0.4 is 10.2 Å². The van der Waals surface area contributed by atoms with Gasteiger partial charge in [0, 0.05) is 24.7 Å². The molecule has 0 saturated heterocycles. The number of fused-ring (bicyclic) bond motifs is 1. The lowest BCUT2D eigenvalue weighted by molar-refractivity contribution is -0.126. The van der Waals surface area contributed by atoms with Gasteiger partial charge in [-0.15, -0.1) is 0 Å². The van der Waals surface area contributed by atoms with E-state index in [1.54, 1.807) is 0 Å². The van der Waals surface area contributed by atoms with Crippen molar-refractivity contribution >= 4 is 17.5 Å². The van der Waals surface area contributed by atoms with E-state index in [0.29, 0.717) is 12.5 Å². The van der Waals surface area contributed by atoms with Crippen LogP contribution in [0.1, 0.15) is 57.7 Å². The number of aryl methyl sites for hydroxylation is 1. The van der Waals surface area contributed by atoms with E-state index >= 15 is 0 Å². The zero-order valence-corrected chi connectivity index (χ0v) is 14.0. The SMILES string of the molecule is CCCCc1ccc2c(c1)[C@@H](NC(C)=O)C(=O)N2CC(C)C. The average Bonchev–Trinajstić information content (AvgIpc) is 2.69. The molecule has 1 aliphatic heterocycles. The fourth-order valence-corrected chi connectivity index (χ4v) is 2.92. The van der Waals surface area contributed by atoms with Gasteiger partial charge in [0.05, 0.1) is 0 Å². The van der Waals surface area contributed by atoms with Crippen molar-refractivity contribution in [2.75, 3.05) is 11.4 Å². The van der Waals surface area contributed by atoms with Crippen LogP contribution in [0, 0.1) is 5.92 Å². The minimum Gasteiger partial charge on any atom is -0.341 e. The van der Waals surface area contributed by atoms with Gasteiger partial charge in [-0.25, -0.2) is 0 Å². The second-order valence-corrected chi connectivity index (χ2v) is 6.47. The number of rotatable bonds is 6. The second kappa shape index (κ2) is 6.95. The number of unbranched alkanes of at least 4 members (excludes halogenated alkanes) is 1. The van der Waals surface area contributed by atoms with Gasteiger partial charge >= 0.3 is 0 Å². The molecule has 1 heterocycles. The number of benzene rings is 1. The molecule has 1 atom stereocenters. The summed E-state index contributed by atoms with van der Waals surface area (Å²) >= 11 is 0. The van der Waals surface area contributed by atoms with Gasteiger partial charge in [0.1, 0.15) is 6.04 Å². The van der Waals surface area contributed by atoms with Crippen LogP contribution in [0.25, 0.3) is 0 Å². The van der Waals surface area contributed by atoms with Gasteiger partial charge in [0.25, 0.3) is 5.91 Å². The van der Waals surface area contributed by atoms with Gasteiger partial charge in [-0.3, -0.25) is 9.59 Å². The van der Waals surface area contributed by atoms with Gasteiger partial charge in [-0.05, 0) is 30.4 Å². The maximum absolute atomic E-state index is 12.7. The van der Waals surface area contributed by atoms with Gasteiger partial charge in [0.2, 0.25) is 5.91 Å². The quantitative estimate of drug-likeness (QED) is 0.877. The third-order valence-corrected chi connectivity index (χ3v) is 3.92. The van der Waals surface area contributed by atoms with Gasteiger partial charge in [0.15, 0.2) is 0 Å². The van der Waals surface area contributed by atoms with E-state index in [9.17, 15) is 9.59 Å². The summed E-state index contributed by atoms with van der Waals surface area (Å²) in [5.41, 5.74) is 3.11. The van der Waals surface area contributed by atoms with Crippen LogP contribution in [0.2, 0.25) is 0 Å². The largest absolute Gasteiger partial charge is 0.341 e. The predicted molar refractivity (Wildman–Crippen MR) is 88.8 cm³/mol. The number of hydrogen-bond donors (Lipinski definition) is 1. The molecule has 1 aromatic rings. The van der Waals surface area contributed by atoms with Crippen LogP contribution in [0.5, 0.6) is 0 Å². The molecular formula is C18H26N2O2. The van der Waals surface area contributed by atoms with Crippen LogP contribution >= 0.6 is 0 Å². The fourth-order valence-electron chi connectivity index (χ4n) is 2.92. The zero-order valence-electron chi connectivity index (χ0n) is 14.0. The van der Waals surface area contributed by atoms with Crippen molar-refractivity contribution in [2.24, 2.45) is 5.92 Å². The lowest BCUT2D eigenvalue weighted by Gasteiger charge is -2.20. The van der Waals surface area contributed by atoms with E-state index in [1.807, 2.05) is 11.0 Å². The van der Waals surface area contributed by atoms with Crippen molar-refractivity contribution in [1.82, 2.24) is 5.32 Å². The smallest absolute Gasteiger partial charge is 0.254 e. The minimum atomic E-state index is -0.534. The third-order valence-electron chi connectivity index (χ3n) is 3.92. The molecule has 0 saturated carbocycles. The number of amides is 2. The predicted octanol–water partition coefficient (Wildman–Crippen LogP) is 3.21. The molecule has 4 nitrogen and oxygen atoms in total. The highest BCUT2D eigenvalue weighted by molar-refractivity contribution is 6.06. The molecule has 0 aromatic heterocycles. The van der Waals surface area contributed by atoms with Crippen LogP contribution in [0.15, 0.2) is 18.2 Å². The molecule has 0 spiro atoms. The molecule has 22 heavy (non-hydrogen) atoms. The van der Waals surface area contributed by atoms with Gasteiger partial charge < -0.3 is 10.2 Å². The Morgan fingerprint density at radius 2 is 2.09 bits per heavy atom. The molecule has 1 N–H and O–H groups in total. The summed E-state index contributed by atoms with van der Waals surface area (Å²) in [4.78, 5) is 25.9. The molecule has 120 valence electrons. The van der Waals surface area contributed by atoms with Crippen LogP contribution in [0.4, 0.5) is 5.69 Å². The number of carbonyl (C=O) groups is 2. The first kappa shape index (κ1) is 16.5. The summed E-state index contributed by atoms with van der Waals surface area (Å²) in [6.07, 6.45) is 3.28. The van der Waals surface area contributed by atoms with E-state index in [0.717, 1.165) is 30.5 Å². The number of nitrogens with one attached hydrogen (secondary N) is 1. The molecule has 0 radical (unpaired) electrons. The Kier molecular flexibility index (Phi) is 5.22. The maximum atomic E-state index is 12.7. The molecule has 0 bridgehead atoms. The second-order valence-electron chi connectivity index (χ2n) is 6.47. The third kappa shape index (κ3) is 3.49. The highest BCUT2D eigenvalue weighted by atomic mass is 16.2. The Bertz CT molecular complexity index is 566. The summed E-state index contributed by atoms with van der Waals surface area (Å²) in [7, 11) is 0. The number of hydrogen-bond acceptors (Lipinski definition) is 2. The van der Waals surface area contributed by atoms with E-state index < -0.39 is 6.04 Å².